The van der Waals surface area contributed by atoms with Crippen molar-refractivity contribution < 1.29 is 4.74 Å². The number of hydrogen-bond acceptors (Lipinski definition) is 2. The molecule has 0 radical (unpaired) electrons. The fourth-order valence-corrected chi connectivity index (χ4v) is 2.37. The maximum Gasteiger partial charge on any atom is 0.119 e. The maximum absolute atomic E-state index is 6.04. The molecule has 0 fully saturated rings. The van der Waals surface area contributed by atoms with Gasteiger partial charge in [0, 0.05) is 6.04 Å². The standard InChI is InChI=1S/C16H27NO/c1-4-7-15(17)9-6-8-14-10-11-16(18-3)12-13(14)5-2/h10-12,15H,4-9,17H2,1-3H3. The molecule has 0 bridgehead atoms. The normalized spacial score (nSPS) is 12.4. The Hall–Kier alpha value is -1.02. The van der Waals surface area contributed by atoms with Crippen molar-refractivity contribution in [3.8, 4) is 5.75 Å². The summed E-state index contributed by atoms with van der Waals surface area (Å²) < 4.78 is 5.27. The number of nitrogens with two attached hydrogens (primary N) is 1. The summed E-state index contributed by atoms with van der Waals surface area (Å²) in [5.74, 6) is 0.957. The Morgan fingerprint density at radius 1 is 1.17 bits per heavy atom. The Morgan fingerprint density at radius 2 is 1.94 bits per heavy atom. The lowest BCUT2D eigenvalue weighted by Gasteiger charge is -2.12. The monoisotopic (exact) mass is 249 g/mol. The van der Waals surface area contributed by atoms with E-state index in [1.54, 1.807) is 7.11 Å². The molecule has 1 aromatic rings. The average molecular weight is 249 g/mol. The van der Waals surface area contributed by atoms with Crippen LogP contribution in [0.3, 0.4) is 0 Å². The van der Waals surface area contributed by atoms with Gasteiger partial charge in [-0.15, -0.1) is 0 Å². The first-order chi connectivity index (χ1) is 8.71. The fourth-order valence-electron chi connectivity index (χ4n) is 2.37. The fraction of sp³-hybridized carbons (Fsp3) is 0.625. The second-order valence-electron chi connectivity index (χ2n) is 4.93. The first-order valence-corrected chi connectivity index (χ1v) is 7.12. The number of aryl methyl sites for hydroxylation is 2. The summed E-state index contributed by atoms with van der Waals surface area (Å²) in [6.45, 7) is 4.39. The van der Waals surface area contributed by atoms with Gasteiger partial charge < -0.3 is 10.5 Å². The van der Waals surface area contributed by atoms with Crippen LogP contribution in [0.2, 0.25) is 0 Å². The van der Waals surface area contributed by atoms with Crippen LogP contribution < -0.4 is 10.5 Å². The lowest BCUT2D eigenvalue weighted by Crippen LogP contribution is -2.19. The van der Waals surface area contributed by atoms with Gasteiger partial charge in [-0.05, 0) is 55.4 Å². The smallest absolute Gasteiger partial charge is 0.119 e. The summed E-state index contributed by atoms with van der Waals surface area (Å²) >= 11 is 0. The summed E-state index contributed by atoms with van der Waals surface area (Å²) in [5.41, 5.74) is 8.89. The molecule has 0 amide bonds. The second kappa shape index (κ2) is 8.15. The zero-order valence-electron chi connectivity index (χ0n) is 12.0. The van der Waals surface area contributed by atoms with Crippen LogP contribution in [0.25, 0.3) is 0 Å². The minimum Gasteiger partial charge on any atom is -0.497 e. The molecule has 0 spiro atoms. The van der Waals surface area contributed by atoms with Crippen LogP contribution in [0.4, 0.5) is 0 Å². The van der Waals surface area contributed by atoms with Gasteiger partial charge in [0.1, 0.15) is 5.75 Å². The molecule has 102 valence electrons. The molecule has 0 saturated heterocycles. The van der Waals surface area contributed by atoms with E-state index in [-0.39, 0.29) is 0 Å². The minimum absolute atomic E-state index is 0.373. The van der Waals surface area contributed by atoms with Crippen molar-refractivity contribution >= 4 is 0 Å². The third-order valence-electron chi connectivity index (χ3n) is 3.47. The van der Waals surface area contributed by atoms with E-state index in [0.29, 0.717) is 6.04 Å². The van der Waals surface area contributed by atoms with E-state index in [1.807, 2.05) is 0 Å². The van der Waals surface area contributed by atoms with Gasteiger partial charge in [0.25, 0.3) is 0 Å². The molecule has 0 aromatic heterocycles. The summed E-state index contributed by atoms with van der Waals surface area (Å²) in [5, 5.41) is 0. The molecule has 2 nitrogen and oxygen atoms in total. The van der Waals surface area contributed by atoms with Gasteiger partial charge in [-0.25, -0.2) is 0 Å². The SMILES string of the molecule is CCCC(N)CCCc1ccc(OC)cc1CC. The van der Waals surface area contributed by atoms with Gasteiger partial charge >= 0.3 is 0 Å². The van der Waals surface area contributed by atoms with Crippen molar-refractivity contribution in [1.82, 2.24) is 0 Å². The molecule has 18 heavy (non-hydrogen) atoms. The highest BCUT2D eigenvalue weighted by atomic mass is 16.5. The van der Waals surface area contributed by atoms with Gasteiger partial charge in [-0.3, -0.25) is 0 Å². The molecule has 1 atom stereocenters. The largest absolute Gasteiger partial charge is 0.497 e. The molecule has 0 heterocycles. The Balaban J connectivity index is 2.51. The lowest BCUT2D eigenvalue weighted by atomic mass is 9.97. The van der Waals surface area contributed by atoms with E-state index in [4.69, 9.17) is 10.5 Å². The zero-order chi connectivity index (χ0) is 13.4. The van der Waals surface area contributed by atoms with Crippen molar-refractivity contribution in [1.29, 1.82) is 0 Å². The van der Waals surface area contributed by atoms with Crippen LogP contribution in [0.5, 0.6) is 5.75 Å². The average Bonchev–Trinajstić information content (AvgIpc) is 2.39. The van der Waals surface area contributed by atoms with Crippen LogP contribution in [-0.2, 0) is 12.8 Å². The molecule has 2 N–H and O–H groups in total. The molecule has 0 aliphatic rings. The van der Waals surface area contributed by atoms with Gasteiger partial charge in [0.05, 0.1) is 7.11 Å². The molecule has 0 saturated carbocycles. The number of ether oxygens (including phenoxy) is 1. The van der Waals surface area contributed by atoms with Crippen LogP contribution in [0.15, 0.2) is 18.2 Å². The number of benzene rings is 1. The molecule has 0 aliphatic carbocycles. The van der Waals surface area contributed by atoms with E-state index in [1.165, 1.54) is 24.0 Å². The second-order valence-corrected chi connectivity index (χ2v) is 4.93. The maximum atomic E-state index is 6.04. The predicted molar refractivity (Wildman–Crippen MR) is 78.2 cm³/mol. The van der Waals surface area contributed by atoms with E-state index in [0.717, 1.165) is 31.4 Å². The summed E-state index contributed by atoms with van der Waals surface area (Å²) in [6, 6.07) is 6.78. The highest BCUT2D eigenvalue weighted by molar-refractivity contribution is 5.35. The zero-order valence-corrected chi connectivity index (χ0v) is 12.0. The first kappa shape index (κ1) is 15.0. The minimum atomic E-state index is 0.373. The van der Waals surface area contributed by atoms with E-state index >= 15 is 0 Å². The quantitative estimate of drug-likeness (QED) is 0.762. The molecular formula is C16H27NO. The number of hydrogen-bond donors (Lipinski definition) is 1. The van der Waals surface area contributed by atoms with Crippen molar-refractivity contribution in [2.24, 2.45) is 5.73 Å². The van der Waals surface area contributed by atoms with Gasteiger partial charge in [-0.1, -0.05) is 26.3 Å². The third kappa shape index (κ3) is 4.69. The van der Waals surface area contributed by atoms with Crippen molar-refractivity contribution in [2.75, 3.05) is 7.11 Å². The van der Waals surface area contributed by atoms with Crippen LogP contribution in [0, 0.1) is 0 Å². The van der Waals surface area contributed by atoms with E-state index in [2.05, 4.69) is 32.0 Å². The lowest BCUT2D eigenvalue weighted by molar-refractivity contribution is 0.414. The van der Waals surface area contributed by atoms with Crippen LogP contribution in [-0.4, -0.2) is 13.2 Å². The Morgan fingerprint density at radius 3 is 2.56 bits per heavy atom. The number of rotatable bonds is 8. The van der Waals surface area contributed by atoms with Gasteiger partial charge in [0.15, 0.2) is 0 Å². The molecular weight excluding hydrogens is 222 g/mol. The summed E-state index contributed by atoms with van der Waals surface area (Å²) in [4.78, 5) is 0. The first-order valence-electron chi connectivity index (χ1n) is 7.12. The van der Waals surface area contributed by atoms with Gasteiger partial charge in [-0.2, -0.15) is 0 Å². The Bertz CT molecular complexity index is 349. The molecule has 1 rings (SSSR count). The molecule has 1 aromatic carbocycles. The Labute approximate surface area is 112 Å². The Kier molecular flexibility index (Phi) is 6.81. The van der Waals surface area contributed by atoms with Gasteiger partial charge in [0.2, 0.25) is 0 Å². The predicted octanol–water partition coefficient (Wildman–Crippen LogP) is 3.71. The van der Waals surface area contributed by atoms with Crippen molar-refractivity contribution in [3.63, 3.8) is 0 Å². The summed E-state index contributed by atoms with van der Waals surface area (Å²) in [7, 11) is 1.72. The molecule has 2 heteroatoms. The molecule has 0 aliphatic heterocycles. The van der Waals surface area contributed by atoms with Crippen LogP contribution >= 0.6 is 0 Å². The van der Waals surface area contributed by atoms with Crippen molar-refractivity contribution in [2.45, 2.75) is 58.4 Å². The van der Waals surface area contributed by atoms with E-state index in [9.17, 15) is 0 Å². The molecule has 1 unspecified atom stereocenters. The summed E-state index contributed by atoms with van der Waals surface area (Å²) in [6.07, 6.45) is 6.83. The highest BCUT2D eigenvalue weighted by Crippen LogP contribution is 2.20. The third-order valence-corrected chi connectivity index (χ3v) is 3.47. The topological polar surface area (TPSA) is 35.2 Å². The van der Waals surface area contributed by atoms with Crippen molar-refractivity contribution in [3.05, 3.63) is 29.3 Å². The van der Waals surface area contributed by atoms with Crippen LogP contribution in [0.1, 0.15) is 50.7 Å². The van der Waals surface area contributed by atoms with E-state index < -0.39 is 0 Å². The highest BCUT2D eigenvalue weighted by Gasteiger charge is 2.05. The number of methoxy groups -OCH3 is 1.